The fourth-order valence-corrected chi connectivity index (χ4v) is 3.52. The van der Waals surface area contributed by atoms with Crippen molar-refractivity contribution in [3.05, 3.63) is 93.2 Å². The molecule has 3 nitrogen and oxygen atoms in total. The molecule has 1 unspecified atom stereocenters. The van der Waals surface area contributed by atoms with Gasteiger partial charge in [-0.15, -0.1) is 0 Å². The Hall–Kier alpha value is -2.63. The normalized spacial score (nSPS) is 19.8. The standard InChI is InChI=1S/C23H22ClF2NO2/c1-13(9-10-18(28-3)14(2)25)11-16-20-19(12-17(26)21(16)24)29-23(22(20)27)15-7-5-4-6-8-15/h4-12,22-23H,27H2,1-3H3/b10-9-,13-11+,18-14-/t22-,23?/m0/s1. The molecule has 2 aromatic carbocycles. The lowest BCUT2D eigenvalue weighted by atomic mass is 9.94. The van der Waals surface area contributed by atoms with E-state index in [1.54, 1.807) is 19.1 Å². The molecule has 0 aromatic heterocycles. The molecule has 0 fully saturated rings. The zero-order chi connectivity index (χ0) is 21.1. The molecule has 6 heteroatoms. The molecule has 152 valence electrons. The molecule has 1 aliphatic heterocycles. The van der Waals surface area contributed by atoms with Crippen molar-refractivity contribution < 1.29 is 18.3 Å². The Morgan fingerprint density at radius 3 is 2.52 bits per heavy atom. The molecule has 0 spiro atoms. The Morgan fingerprint density at radius 1 is 1.21 bits per heavy atom. The fourth-order valence-electron chi connectivity index (χ4n) is 3.30. The van der Waals surface area contributed by atoms with Gasteiger partial charge in [0.25, 0.3) is 0 Å². The van der Waals surface area contributed by atoms with Crippen LogP contribution in [0.3, 0.4) is 0 Å². The SMILES string of the molecule is COC(/C=C\C(C)=C\c1c(Cl)c(F)cc2c1[C@H](N)C(c1ccccc1)O2)=C(/C)F. The van der Waals surface area contributed by atoms with E-state index in [1.807, 2.05) is 30.3 Å². The third kappa shape index (κ3) is 4.36. The lowest BCUT2D eigenvalue weighted by Gasteiger charge is -2.16. The van der Waals surface area contributed by atoms with Crippen LogP contribution in [0, 0.1) is 5.82 Å². The highest BCUT2D eigenvalue weighted by atomic mass is 35.5. The Morgan fingerprint density at radius 2 is 1.90 bits per heavy atom. The number of benzene rings is 2. The molecule has 0 aliphatic carbocycles. The van der Waals surface area contributed by atoms with Crippen molar-refractivity contribution in [1.82, 2.24) is 0 Å². The maximum absolute atomic E-state index is 14.4. The topological polar surface area (TPSA) is 44.5 Å². The van der Waals surface area contributed by atoms with Crippen LogP contribution in [0.15, 0.2) is 65.7 Å². The summed E-state index contributed by atoms with van der Waals surface area (Å²) in [6.07, 6.45) is 4.42. The minimum absolute atomic E-state index is 0.0339. The van der Waals surface area contributed by atoms with Gasteiger partial charge in [-0.3, -0.25) is 0 Å². The highest BCUT2D eigenvalue weighted by Crippen LogP contribution is 2.48. The van der Waals surface area contributed by atoms with E-state index in [9.17, 15) is 8.78 Å². The first kappa shape index (κ1) is 21.1. The Kier molecular flexibility index (Phi) is 6.40. The van der Waals surface area contributed by atoms with Gasteiger partial charge in [0.05, 0.1) is 18.2 Å². The number of rotatable bonds is 5. The first-order valence-corrected chi connectivity index (χ1v) is 9.47. The molecule has 1 aliphatic rings. The minimum atomic E-state index is -0.591. The molecular weight excluding hydrogens is 396 g/mol. The predicted octanol–water partition coefficient (Wildman–Crippen LogP) is 6.42. The second-order valence-corrected chi connectivity index (χ2v) is 7.17. The Balaban J connectivity index is 2.02. The summed E-state index contributed by atoms with van der Waals surface area (Å²) in [6.45, 7) is 3.10. The van der Waals surface area contributed by atoms with Gasteiger partial charge in [0.1, 0.15) is 29.3 Å². The van der Waals surface area contributed by atoms with Crippen LogP contribution in [0.2, 0.25) is 5.02 Å². The van der Waals surface area contributed by atoms with Crippen LogP contribution in [0.1, 0.15) is 42.7 Å². The van der Waals surface area contributed by atoms with E-state index in [0.717, 1.165) is 5.56 Å². The molecule has 2 aromatic rings. The van der Waals surface area contributed by atoms with Crippen molar-refractivity contribution in [2.45, 2.75) is 26.0 Å². The maximum atomic E-state index is 14.4. The van der Waals surface area contributed by atoms with Crippen LogP contribution >= 0.6 is 11.6 Å². The van der Waals surface area contributed by atoms with E-state index in [2.05, 4.69) is 0 Å². The van der Waals surface area contributed by atoms with Gasteiger partial charge in [-0.05, 0) is 31.6 Å². The number of ether oxygens (including phenoxy) is 2. The van der Waals surface area contributed by atoms with E-state index < -0.39 is 23.8 Å². The lowest BCUT2D eigenvalue weighted by molar-refractivity contribution is 0.211. The number of methoxy groups -OCH3 is 1. The van der Waals surface area contributed by atoms with Crippen molar-refractivity contribution in [3.8, 4) is 5.75 Å². The molecule has 0 amide bonds. The number of allylic oxidation sites excluding steroid dienone is 4. The molecule has 2 N–H and O–H groups in total. The third-order valence-electron chi connectivity index (χ3n) is 4.73. The number of halogens is 3. The van der Waals surface area contributed by atoms with Crippen molar-refractivity contribution in [2.75, 3.05) is 7.11 Å². The summed E-state index contributed by atoms with van der Waals surface area (Å²) >= 11 is 6.27. The van der Waals surface area contributed by atoms with Crippen molar-refractivity contribution in [1.29, 1.82) is 0 Å². The zero-order valence-corrected chi connectivity index (χ0v) is 17.1. The fraction of sp³-hybridized carbons (Fsp3) is 0.217. The van der Waals surface area contributed by atoms with Crippen LogP contribution < -0.4 is 10.5 Å². The summed E-state index contributed by atoms with van der Waals surface area (Å²) in [5.41, 5.74) is 9.18. The van der Waals surface area contributed by atoms with E-state index >= 15 is 0 Å². The summed E-state index contributed by atoms with van der Waals surface area (Å²) in [4.78, 5) is 0. The second kappa shape index (κ2) is 8.80. The molecule has 0 radical (unpaired) electrons. The number of nitrogens with two attached hydrogens (primary N) is 1. The van der Waals surface area contributed by atoms with Crippen molar-refractivity contribution >= 4 is 17.7 Å². The van der Waals surface area contributed by atoms with E-state index in [4.69, 9.17) is 26.8 Å². The monoisotopic (exact) mass is 417 g/mol. The summed E-state index contributed by atoms with van der Waals surface area (Å²) in [7, 11) is 1.39. The van der Waals surface area contributed by atoms with Gasteiger partial charge in [0, 0.05) is 17.2 Å². The van der Waals surface area contributed by atoms with Crippen LogP contribution in [-0.4, -0.2) is 7.11 Å². The van der Waals surface area contributed by atoms with Crippen LogP contribution in [0.5, 0.6) is 5.75 Å². The van der Waals surface area contributed by atoms with Crippen LogP contribution in [0.4, 0.5) is 8.78 Å². The average Bonchev–Trinajstić information content (AvgIpc) is 3.02. The van der Waals surface area contributed by atoms with Gasteiger partial charge in [-0.25, -0.2) is 8.78 Å². The molecule has 0 saturated carbocycles. The van der Waals surface area contributed by atoms with E-state index in [0.29, 0.717) is 22.4 Å². The smallest absolute Gasteiger partial charge is 0.149 e. The van der Waals surface area contributed by atoms with E-state index in [-0.39, 0.29) is 10.8 Å². The number of hydrogen-bond donors (Lipinski definition) is 1. The van der Waals surface area contributed by atoms with Crippen molar-refractivity contribution in [3.63, 3.8) is 0 Å². The molecular formula is C23H22ClF2NO2. The quantitative estimate of drug-likeness (QED) is 0.451. The lowest BCUT2D eigenvalue weighted by Crippen LogP contribution is -2.18. The second-order valence-electron chi connectivity index (χ2n) is 6.80. The first-order chi connectivity index (χ1) is 13.8. The summed E-state index contributed by atoms with van der Waals surface area (Å²) in [6, 6.07) is 10.3. The molecule has 0 saturated heterocycles. The van der Waals surface area contributed by atoms with E-state index in [1.165, 1.54) is 26.2 Å². The third-order valence-corrected chi connectivity index (χ3v) is 5.11. The highest BCUT2D eigenvalue weighted by molar-refractivity contribution is 6.32. The molecule has 1 heterocycles. The predicted molar refractivity (Wildman–Crippen MR) is 112 cm³/mol. The molecule has 0 bridgehead atoms. The van der Waals surface area contributed by atoms with Gasteiger partial charge < -0.3 is 15.2 Å². The molecule has 3 rings (SSSR count). The molecule has 29 heavy (non-hydrogen) atoms. The minimum Gasteiger partial charge on any atom is -0.494 e. The average molecular weight is 418 g/mol. The van der Waals surface area contributed by atoms with Crippen LogP contribution in [-0.2, 0) is 4.74 Å². The van der Waals surface area contributed by atoms with Gasteiger partial charge in [-0.1, -0.05) is 53.6 Å². The first-order valence-electron chi connectivity index (χ1n) is 9.09. The maximum Gasteiger partial charge on any atom is 0.149 e. The van der Waals surface area contributed by atoms with Crippen molar-refractivity contribution in [2.24, 2.45) is 5.73 Å². The summed E-state index contributed by atoms with van der Waals surface area (Å²) in [5, 5.41) is -0.0339. The highest BCUT2D eigenvalue weighted by Gasteiger charge is 2.36. The Bertz CT molecular complexity index is 996. The number of hydrogen-bond acceptors (Lipinski definition) is 3. The van der Waals surface area contributed by atoms with Crippen LogP contribution in [0.25, 0.3) is 6.08 Å². The van der Waals surface area contributed by atoms with Gasteiger partial charge in [-0.2, -0.15) is 0 Å². The van der Waals surface area contributed by atoms with Gasteiger partial charge in [0.2, 0.25) is 0 Å². The van der Waals surface area contributed by atoms with Gasteiger partial charge in [0.15, 0.2) is 0 Å². The zero-order valence-electron chi connectivity index (χ0n) is 16.4. The number of fused-ring (bicyclic) bond motifs is 1. The molecule has 2 atom stereocenters. The largest absolute Gasteiger partial charge is 0.494 e. The Labute approximate surface area is 174 Å². The van der Waals surface area contributed by atoms with Gasteiger partial charge >= 0.3 is 0 Å². The summed E-state index contributed by atoms with van der Waals surface area (Å²) < 4.78 is 38.8. The summed E-state index contributed by atoms with van der Waals surface area (Å²) in [5.74, 6) is -0.556.